The van der Waals surface area contributed by atoms with Crippen molar-refractivity contribution >= 4 is 0 Å². The highest BCUT2D eigenvalue weighted by atomic mass is 14.9. The molecule has 14 heavy (non-hydrogen) atoms. The largest absolute Gasteiger partial charge is 0.328 e. The summed E-state index contributed by atoms with van der Waals surface area (Å²) in [6, 6.07) is 1.26. The number of nitrogens with two attached hydrogens (primary N) is 1. The molecular weight excluding hydrogens is 172 g/mol. The van der Waals surface area contributed by atoms with Gasteiger partial charge in [-0.05, 0) is 51.0 Å². The van der Waals surface area contributed by atoms with Crippen molar-refractivity contribution in [1.82, 2.24) is 5.32 Å². The van der Waals surface area contributed by atoms with E-state index in [0.717, 1.165) is 12.0 Å². The molecule has 0 atom stereocenters. The van der Waals surface area contributed by atoms with E-state index in [2.05, 4.69) is 5.32 Å². The minimum Gasteiger partial charge on any atom is -0.328 e. The van der Waals surface area contributed by atoms with Crippen LogP contribution in [0.4, 0.5) is 0 Å². The van der Waals surface area contributed by atoms with E-state index >= 15 is 0 Å². The van der Waals surface area contributed by atoms with Gasteiger partial charge in [0.05, 0.1) is 0 Å². The Balaban J connectivity index is 1.47. The fourth-order valence-electron chi connectivity index (χ4n) is 2.43. The topological polar surface area (TPSA) is 38.0 Å². The first kappa shape index (κ1) is 10.4. The van der Waals surface area contributed by atoms with E-state index in [1.54, 1.807) is 0 Å². The Morgan fingerprint density at radius 1 is 1.00 bits per heavy atom. The second-order valence-corrected chi connectivity index (χ2v) is 5.15. The zero-order valence-electron chi connectivity index (χ0n) is 9.17. The van der Waals surface area contributed by atoms with E-state index in [1.165, 1.54) is 57.9 Å². The number of rotatable bonds is 5. The maximum absolute atomic E-state index is 5.87. The van der Waals surface area contributed by atoms with Gasteiger partial charge >= 0.3 is 0 Å². The Morgan fingerprint density at radius 3 is 2.36 bits per heavy atom. The zero-order valence-corrected chi connectivity index (χ0v) is 9.17. The molecule has 0 aromatic rings. The highest BCUT2D eigenvalue weighted by Gasteiger charge is 2.21. The van der Waals surface area contributed by atoms with Crippen molar-refractivity contribution in [3.8, 4) is 0 Å². The fraction of sp³-hybridized carbons (Fsp3) is 1.00. The first-order valence-corrected chi connectivity index (χ1v) is 6.33. The van der Waals surface area contributed by atoms with Crippen LogP contribution >= 0.6 is 0 Å². The molecule has 2 nitrogen and oxygen atoms in total. The van der Waals surface area contributed by atoms with Crippen LogP contribution in [0.1, 0.15) is 51.4 Å². The first-order valence-electron chi connectivity index (χ1n) is 6.33. The van der Waals surface area contributed by atoms with Gasteiger partial charge in [0.2, 0.25) is 0 Å². The van der Waals surface area contributed by atoms with Gasteiger partial charge in [0.25, 0.3) is 0 Å². The maximum Gasteiger partial charge on any atom is 0.00682 e. The summed E-state index contributed by atoms with van der Waals surface area (Å²) in [5, 5.41) is 3.67. The smallest absolute Gasteiger partial charge is 0.00682 e. The normalized spacial score (nSPS) is 33.2. The molecule has 82 valence electrons. The van der Waals surface area contributed by atoms with Crippen LogP contribution in [0, 0.1) is 5.92 Å². The van der Waals surface area contributed by atoms with Gasteiger partial charge in [0, 0.05) is 12.1 Å². The van der Waals surface area contributed by atoms with Gasteiger partial charge in [-0.15, -0.1) is 0 Å². The molecule has 0 aliphatic heterocycles. The van der Waals surface area contributed by atoms with Gasteiger partial charge in [-0.2, -0.15) is 0 Å². The predicted molar refractivity (Wildman–Crippen MR) is 60.2 cm³/mol. The Hall–Kier alpha value is -0.0800. The van der Waals surface area contributed by atoms with Crippen LogP contribution in [-0.2, 0) is 0 Å². The van der Waals surface area contributed by atoms with Gasteiger partial charge in [-0.25, -0.2) is 0 Å². The highest BCUT2D eigenvalue weighted by Crippen LogP contribution is 2.33. The van der Waals surface area contributed by atoms with Gasteiger partial charge in [-0.1, -0.05) is 12.8 Å². The van der Waals surface area contributed by atoms with Gasteiger partial charge in [0.1, 0.15) is 0 Å². The van der Waals surface area contributed by atoms with Crippen molar-refractivity contribution in [3.63, 3.8) is 0 Å². The second-order valence-electron chi connectivity index (χ2n) is 5.15. The molecule has 0 unspecified atom stereocenters. The Labute approximate surface area is 87.6 Å². The van der Waals surface area contributed by atoms with E-state index in [0.29, 0.717) is 6.04 Å². The van der Waals surface area contributed by atoms with E-state index < -0.39 is 0 Å². The fourth-order valence-corrected chi connectivity index (χ4v) is 2.43. The second kappa shape index (κ2) is 5.13. The van der Waals surface area contributed by atoms with E-state index in [9.17, 15) is 0 Å². The molecule has 2 aliphatic carbocycles. The van der Waals surface area contributed by atoms with Crippen LogP contribution in [0.2, 0.25) is 0 Å². The molecule has 2 rings (SSSR count). The summed E-state index contributed by atoms with van der Waals surface area (Å²) < 4.78 is 0. The standard InChI is InChI=1S/C12H24N2/c13-11-5-7-12(8-6-11)14-9-1-2-10-3-4-10/h10-12,14H,1-9,13H2. The average Bonchev–Trinajstić information content (AvgIpc) is 2.99. The third kappa shape index (κ3) is 3.58. The van der Waals surface area contributed by atoms with Crippen LogP contribution in [0.25, 0.3) is 0 Å². The quantitative estimate of drug-likeness (QED) is 0.660. The van der Waals surface area contributed by atoms with Crippen LogP contribution in [-0.4, -0.2) is 18.6 Å². The third-order valence-electron chi connectivity index (χ3n) is 3.69. The SMILES string of the molecule is NC1CCC(NCCCC2CC2)CC1. The van der Waals surface area contributed by atoms with Gasteiger partial charge in [0.15, 0.2) is 0 Å². The molecule has 2 fully saturated rings. The minimum absolute atomic E-state index is 0.486. The predicted octanol–water partition coefficient (Wildman–Crippen LogP) is 2.04. The molecule has 3 N–H and O–H groups in total. The maximum atomic E-state index is 5.87. The molecule has 0 spiro atoms. The molecular formula is C12H24N2. The van der Waals surface area contributed by atoms with Crippen molar-refractivity contribution in [3.05, 3.63) is 0 Å². The van der Waals surface area contributed by atoms with Crippen LogP contribution in [0.15, 0.2) is 0 Å². The summed E-state index contributed by atoms with van der Waals surface area (Å²) in [4.78, 5) is 0. The summed E-state index contributed by atoms with van der Waals surface area (Å²) in [5.74, 6) is 1.09. The first-order chi connectivity index (χ1) is 6.84. The zero-order chi connectivity index (χ0) is 9.80. The van der Waals surface area contributed by atoms with E-state index in [1.807, 2.05) is 0 Å². The molecule has 0 radical (unpaired) electrons. The van der Waals surface area contributed by atoms with Crippen molar-refractivity contribution in [2.75, 3.05) is 6.54 Å². The van der Waals surface area contributed by atoms with Crippen molar-refractivity contribution in [2.45, 2.75) is 63.5 Å². The van der Waals surface area contributed by atoms with Gasteiger partial charge < -0.3 is 11.1 Å². The molecule has 0 heterocycles. The lowest BCUT2D eigenvalue weighted by molar-refractivity contribution is 0.340. The summed E-state index contributed by atoms with van der Waals surface area (Å²) in [6.45, 7) is 1.23. The van der Waals surface area contributed by atoms with Crippen LogP contribution < -0.4 is 11.1 Å². The van der Waals surface area contributed by atoms with Crippen molar-refractivity contribution < 1.29 is 0 Å². The lowest BCUT2D eigenvalue weighted by Gasteiger charge is -2.26. The Bertz CT molecular complexity index is 158. The number of nitrogens with one attached hydrogen (secondary N) is 1. The molecule has 0 aromatic heterocycles. The molecule has 0 bridgehead atoms. The van der Waals surface area contributed by atoms with Crippen molar-refractivity contribution in [1.29, 1.82) is 0 Å². The summed E-state index contributed by atoms with van der Waals surface area (Å²) in [5.41, 5.74) is 5.87. The highest BCUT2D eigenvalue weighted by molar-refractivity contribution is 4.79. The van der Waals surface area contributed by atoms with Crippen LogP contribution in [0.3, 0.4) is 0 Å². The number of hydrogen-bond acceptors (Lipinski definition) is 2. The summed E-state index contributed by atoms with van der Waals surface area (Å²) in [6.07, 6.45) is 10.9. The lowest BCUT2D eigenvalue weighted by atomic mass is 9.92. The molecule has 0 amide bonds. The van der Waals surface area contributed by atoms with Crippen LogP contribution in [0.5, 0.6) is 0 Å². The Kier molecular flexibility index (Phi) is 3.82. The molecule has 2 saturated carbocycles. The molecule has 2 heteroatoms. The van der Waals surface area contributed by atoms with E-state index in [-0.39, 0.29) is 0 Å². The molecule has 0 aromatic carbocycles. The molecule has 2 aliphatic rings. The third-order valence-corrected chi connectivity index (χ3v) is 3.69. The number of hydrogen-bond donors (Lipinski definition) is 2. The van der Waals surface area contributed by atoms with Gasteiger partial charge in [-0.3, -0.25) is 0 Å². The monoisotopic (exact) mass is 196 g/mol. The lowest BCUT2D eigenvalue weighted by Crippen LogP contribution is -2.37. The summed E-state index contributed by atoms with van der Waals surface area (Å²) in [7, 11) is 0. The Morgan fingerprint density at radius 2 is 1.71 bits per heavy atom. The average molecular weight is 196 g/mol. The molecule has 0 saturated heterocycles. The van der Waals surface area contributed by atoms with Crippen molar-refractivity contribution in [2.24, 2.45) is 11.7 Å². The van der Waals surface area contributed by atoms with E-state index in [4.69, 9.17) is 5.73 Å². The summed E-state index contributed by atoms with van der Waals surface area (Å²) >= 11 is 0. The minimum atomic E-state index is 0.486.